The third-order valence-corrected chi connectivity index (χ3v) is 5.52. The minimum absolute atomic E-state index is 0.0203. The zero-order valence-electron chi connectivity index (χ0n) is 15.2. The van der Waals surface area contributed by atoms with Gasteiger partial charge in [-0.15, -0.1) is 0 Å². The molecule has 2 heterocycles. The quantitative estimate of drug-likeness (QED) is 0.759. The van der Waals surface area contributed by atoms with Gasteiger partial charge in [0.15, 0.2) is 0 Å². The van der Waals surface area contributed by atoms with Gasteiger partial charge in [0.2, 0.25) is 5.91 Å². The van der Waals surface area contributed by atoms with Crippen molar-refractivity contribution in [2.75, 3.05) is 31.1 Å². The highest BCUT2D eigenvalue weighted by Gasteiger charge is 2.33. The highest BCUT2D eigenvalue weighted by Crippen LogP contribution is 2.33. The Morgan fingerprint density at radius 1 is 1.15 bits per heavy atom. The van der Waals surface area contributed by atoms with Gasteiger partial charge in [-0.3, -0.25) is 4.79 Å². The van der Waals surface area contributed by atoms with Crippen LogP contribution in [-0.2, 0) is 9.53 Å². The number of carbonyl (C=O) groups is 2. The molecular formula is C21H21ClN2O3. The van der Waals surface area contributed by atoms with Gasteiger partial charge < -0.3 is 14.5 Å². The maximum absolute atomic E-state index is 12.7. The van der Waals surface area contributed by atoms with Gasteiger partial charge in [0.05, 0.1) is 12.0 Å². The monoisotopic (exact) mass is 384 g/mol. The van der Waals surface area contributed by atoms with Crippen molar-refractivity contribution in [2.24, 2.45) is 0 Å². The Bertz CT molecular complexity index is 891. The number of hydrogen-bond acceptors (Lipinski definition) is 4. The second-order valence-corrected chi connectivity index (χ2v) is 7.42. The van der Waals surface area contributed by atoms with Crippen LogP contribution in [-0.4, -0.2) is 43.0 Å². The van der Waals surface area contributed by atoms with Crippen molar-refractivity contribution >= 4 is 29.2 Å². The first-order chi connectivity index (χ1) is 13.0. The van der Waals surface area contributed by atoms with Crippen LogP contribution in [0.15, 0.2) is 42.5 Å². The van der Waals surface area contributed by atoms with E-state index in [9.17, 15) is 9.59 Å². The third-order valence-electron chi connectivity index (χ3n) is 5.28. The van der Waals surface area contributed by atoms with Crippen molar-refractivity contribution in [3.05, 3.63) is 64.2 Å². The summed E-state index contributed by atoms with van der Waals surface area (Å²) in [5.74, 6) is -0.323. The number of esters is 1. The summed E-state index contributed by atoms with van der Waals surface area (Å²) >= 11 is 6.13. The van der Waals surface area contributed by atoms with E-state index in [0.29, 0.717) is 18.7 Å². The van der Waals surface area contributed by atoms with Gasteiger partial charge in [-0.05, 0) is 30.7 Å². The average Bonchev–Trinajstić information content (AvgIpc) is 3.00. The highest BCUT2D eigenvalue weighted by molar-refractivity contribution is 6.30. The van der Waals surface area contributed by atoms with Crippen LogP contribution < -0.4 is 4.90 Å². The molecule has 27 heavy (non-hydrogen) atoms. The third kappa shape index (κ3) is 3.52. The summed E-state index contributed by atoms with van der Waals surface area (Å²) in [4.78, 5) is 28.8. The molecule has 1 fully saturated rings. The maximum Gasteiger partial charge on any atom is 0.339 e. The Morgan fingerprint density at radius 3 is 2.67 bits per heavy atom. The molecule has 0 saturated carbocycles. The number of hydrogen-bond donors (Lipinski definition) is 0. The Morgan fingerprint density at radius 2 is 1.89 bits per heavy atom. The molecule has 1 amide bonds. The Balaban J connectivity index is 1.38. The normalized spacial score (nSPS) is 19.0. The molecule has 0 aliphatic carbocycles. The van der Waals surface area contributed by atoms with Crippen molar-refractivity contribution in [2.45, 2.75) is 19.4 Å². The second-order valence-electron chi connectivity index (χ2n) is 6.98. The van der Waals surface area contributed by atoms with Crippen LogP contribution in [0.5, 0.6) is 0 Å². The van der Waals surface area contributed by atoms with E-state index < -0.39 is 6.10 Å². The molecule has 5 nitrogen and oxygen atoms in total. The summed E-state index contributed by atoms with van der Waals surface area (Å²) in [7, 11) is 0. The summed E-state index contributed by atoms with van der Waals surface area (Å²) in [6.07, 6.45) is -0.284. The maximum atomic E-state index is 12.7. The molecule has 6 heteroatoms. The predicted octanol–water partition coefficient (Wildman–Crippen LogP) is 3.60. The molecule has 0 bridgehead atoms. The molecule has 2 aromatic carbocycles. The van der Waals surface area contributed by atoms with Crippen LogP contribution in [0.3, 0.4) is 0 Å². The number of rotatable bonds is 3. The number of benzene rings is 2. The number of fused-ring (bicyclic) bond motifs is 1. The van der Waals surface area contributed by atoms with Crippen LogP contribution in [0.1, 0.15) is 34.0 Å². The van der Waals surface area contributed by atoms with Crippen LogP contribution in [0.4, 0.5) is 5.69 Å². The van der Waals surface area contributed by atoms with Crippen molar-refractivity contribution < 1.29 is 14.3 Å². The molecule has 0 aromatic heterocycles. The minimum Gasteiger partial charge on any atom is -0.453 e. The SMILES string of the molecule is Cc1ccc(Cl)cc1N1CCN(C(=O)C[C@@H]2OC(=O)c3ccccc32)CC1. The van der Waals surface area contributed by atoms with Gasteiger partial charge in [-0.1, -0.05) is 35.9 Å². The number of ether oxygens (including phenoxy) is 1. The van der Waals surface area contributed by atoms with E-state index in [4.69, 9.17) is 16.3 Å². The molecule has 0 radical (unpaired) electrons. The predicted molar refractivity (Wildman–Crippen MR) is 104 cm³/mol. The number of cyclic esters (lactones) is 1. The summed E-state index contributed by atoms with van der Waals surface area (Å²) < 4.78 is 5.40. The molecule has 0 spiro atoms. The van der Waals surface area contributed by atoms with Gasteiger partial charge in [-0.25, -0.2) is 4.79 Å². The first-order valence-electron chi connectivity index (χ1n) is 9.12. The number of anilines is 1. The molecule has 0 N–H and O–H groups in total. The summed E-state index contributed by atoms with van der Waals surface area (Å²) in [5.41, 5.74) is 3.67. The number of aryl methyl sites for hydroxylation is 1. The zero-order valence-corrected chi connectivity index (χ0v) is 15.9. The van der Waals surface area contributed by atoms with E-state index in [1.54, 1.807) is 12.1 Å². The molecule has 2 aliphatic rings. The molecule has 1 atom stereocenters. The molecular weight excluding hydrogens is 364 g/mol. The Hall–Kier alpha value is -2.53. The van der Waals surface area contributed by atoms with Crippen molar-refractivity contribution in [1.29, 1.82) is 0 Å². The van der Waals surface area contributed by atoms with Crippen LogP contribution in [0, 0.1) is 6.92 Å². The molecule has 2 aromatic rings. The van der Waals surface area contributed by atoms with E-state index >= 15 is 0 Å². The van der Waals surface area contributed by atoms with Gasteiger partial charge in [0, 0.05) is 42.5 Å². The standard InChI is InChI=1S/C21H21ClN2O3/c1-14-6-7-15(22)12-18(14)23-8-10-24(11-9-23)20(25)13-19-16-4-2-3-5-17(16)21(26)27-19/h2-7,12,19H,8-11,13H2,1H3/t19-/m0/s1. The minimum atomic E-state index is -0.477. The second kappa shape index (κ2) is 7.24. The fraction of sp³-hybridized carbons (Fsp3) is 0.333. The van der Waals surface area contributed by atoms with Crippen molar-refractivity contribution in [3.63, 3.8) is 0 Å². The lowest BCUT2D eigenvalue weighted by Gasteiger charge is -2.37. The topological polar surface area (TPSA) is 49.9 Å². The largest absolute Gasteiger partial charge is 0.453 e. The van der Waals surface area contributed by atoms with Crippen molar-refractivity contribution in [3.8, 4) is 0 Å². The number of piperazine rings is 1. The number of nitrogens with zero attached hydrogens (tertiary/aromatic N) is 2. The van der Waals surface area contributed by atoms with E-state index in [0.717, 1.165) is 29.4 Å². The van der Waals surface area contributed by atoms with E-state index in [2.05, 4.69) is 11.8 Å². The Labute approximate surface area is 163 Å². The lowest BCUT2D eigenvalue weighted by molar-refractivity contribution is -0.133. The molecule has 4 rings (SSSR count). The first-order valence-corrected chi connectivity index (χ1v) is 9.49. The summed E-state index contributed by atoms with van der Waals surface area (Å²) in [5, 5.41) is 0.718. The molecule has 0 unspecified atom stereocenters. The van der Waals surface area contributed by atoms with E-state index in [1.165, 1.54) is 5.56 Å². The Kier molecular flexibility index (Phi) is 4.79. The van der Waals surface area contributed by atoms with E-state index in [-0.39, 0.29) is 18.3 Å². The van der Waals surface area contributed by atoms with Crippen LogP contribution in [0.25, 0.3) is 0 Å². The summed E-state index contributed by atoms with van der Waals surface area (Å²) in [6.45, 7) is 4.87. The van der Waals surface area contributed by atoms with Crippen molar-refractivity contribution in [1.82, 2.24) is 4.90 Å². The first kappa shape index (κ1) is 17.9. The molecule has 1 saturated heterocycles. The zero-order chi connectivity index (χ0) is 19.0. The average molecular weight is 385 g/mol. The van der Waals surface area contributed by atoms with Gasteiger partial charge in [-0.2, -0.15) is 0 Å². The number of halogens is 1. The fourth-order valence-electron chi connectivity index (χ4n) is 3.78. The number of amides is 1. The fourth-order valence-corrected chi connectivity index (χ4v) is 3.95. The van der Waals surface area contributed by atoms with Crippen LogP contribution >= 0.6 is 11.6 Å². The van der Waals surface area contributed by atoms with Crippen LogP contribution in [0.2, 0.25) is 5.02 Å². The lowest BCUT2D eigenvalue weighted by Crippen LogP contribution is -2.49. The van der Waals surface area contributed by atoms with Gasteiger partial charge in [0.25, 0.3) is 0 Å². The molecule has 2 aliphatic heterocycles. The van der Waals surface area contributed by atoms with Gasteiger partial charge >= 0.3 is 5.97 Å². The highest BCUT2D eigenvalue weighted by atomic mass is 35.5. The number of carbonyl (C=O) groups excluding carboxylic acids is 2. The van der Waals surface area contributed by atoms with Gasteiger partial charge in [0.1, 0.15) is 6.10 Å². The smallest absolute Gasteiger partial charge is 0.339 e. The van der Waals surface area contributed by atoms with E-state index in [1.807, 2.05) is 35.2 Å². The molecule has 140 valence electrons. The lowest BCUT2D eigenvalue weighted by atomic mass is 10.0. The summed E-state index contributed by atoms with van der Waals surface area (Å²) in [6, 6.07) is 13.2.